The summed E-state index contributed by atoms with van der Waals surface area (Å²) in [6.45, 7) is 3.34. The number of hydrogen-bond acceptors (Lipinski definition) is 4. The van der Waals surface area contributed by atoms with E-state index < -0.39 is 0 Å². The summed E-state index contributed by atoms with van der Waals surface area (Å²) in [6.07, 6.45) is 5.89. The molecule has 2 fully saturated rings. The van der Waals surface area contributed by atoms with Crippen LogP contribution < -0.4 is 4.90 Å². The number of aldehydes is 1. The van der Waals surface area contributed by atoms with Crippen LogP contribution in [0.2, 0.25) is 0 Å². The molecular formula is C12H16N2OS. The number of anilines is 1. The minimum atomic E-state index is 0.572. The van der Waals surface area contributed by atoms with Crippen molar-refractivity contribution in [2.75, 3.05) is 11.4 Å². The quantitative estimate of drug-likeness (QED) is 0.757. The van der Waals surface area contributed by atoms with E-state index in [0.29, 0.717) is 12.0 Å². The number of nitrogens with zero attached hydrogens (tertiary/aromatic N) is 2. The SMILES string of the molecule is CC1CCCN1c1nc(C2CC2)c(C=O)s1. The summed E-state index contributed by atoms with van der Waals surface area (Å²) in [4.78, 5) is 18.9. The van der Waals surface area contributed by atoms with Gasteiger partial charge in [0.15, 0.2) is 11.4 Å². The summed E-state index contributed by atoms with van der Waals surface area (Å²) in [7, 11) is 0. The largest absolute Gasteiger partial charge is 0.345 e. The Labute approximate surface area is 99.5 Å². The van der Waals surface area contributed by atoms with Gasteiger partial charge in [0, 0.05) is 18.5 Å². The van der Waals surface area contributed by atoms with Gasteiger partial charge in [-0.3, -0.25) is 4.79 Å². The fourth-order valence-electron chi connectivity index (χ4n) is 2.41. The van der Waals surface area contributed by atoms with Crippen molar-refractivity contribution in [3.8, 4) is 0 Å². The second-order valence-electron chi connectivity index (χ2n) is 4.82. The molecule has 1 aliphatic heterocycles. The maximum atomic E-state index is 11.0. The van der Waals surface area contributed by atoms with E-state index in [-0.39, 0.29) is 0 Å². The first-order valence-corrected chi connectivity index (χ1v) is 6.84. The monoisotopic (exact) mass is 236 g/mol. The van der Waals surface area contributed by atoms with Crippen LogP contribution >= 0.6 is 11.3 Å². The van der Waals surface area contributed by atoms with Crippen molar-refractivity contribution in [1.82, 2.24) is 4.98 Å². The third kappa shape index (κ3) is 1.65. The Balaban J connectivity index is 1.92. The molecule has 86 valence electrons. The van der Waals surface area contributed by atoms with Gasteiger partial charge in [-0.15, -0.1) is 0 Å². The predicted octanol–water partition coefficient (Wildman–Crippen LogP) is 2.82. The Bertz CT molecular complexity index is 411. The highest BCUT2D eigenvalue weighted by atomic mass is 32.1. The molecule has 1 saturated carbocycles. The molecular weight excluding hydrogens is 220 g/mol. The molecule has 3 nitrogen and oxygen atoms in total. The number of thiazole rings is 1. The number of rotatable bonds is 3. The molecule has 0 aromatic carbocycles. The van der Waals surface area contributed by atoms with Gasteiger partial charge in [-0.2, -0.15) is 0 Å². The van der Waals surface area contributed by atoms with Crippen LogP contribution in [0.5, 0.6) is 0 Å². The van der Waals surface area contributed by atoms with Gasteiger partial charge in [0.25, 0.3) is 0 Å². The summed E-state index contributed by atoms with van der Waals surface area (Å²) >= 11 is 1.58. The lowest BCUT2D eigenvalue weighted by molar-refractivity contribution is 0.112. The minimum Gasteiger partial charge on any atom is -0.345 e. The zero-order chi connectivity index (χ0) is 11.1. The van der Waals surface area contributed by atoms with Crippen LogP contribution in [0, 0.1) is 0 Å². The molecule has 0 amide bonds. The molecule has 2 aliphatic rings. The molecule has 16 heavy (non-hydrogen) atoms. The molecule has 2 heterocycles. The first-order valence-electron chi connectivity index (χ1n) is 6.02. The van der Waals surface area contributed by atoms with Crippen molar-refractivity contribution in [3.05, 3.63) is 10.6 Å². The summed E-state index contributed by atoms with van der Waals surface area (Å²) in [5.41, 5.74) is 1.06. The van der Waals surface area contributed by atoms with Crippen molar-refractivity contribution in [2.24, 2.45) is 0 Å². The van der Waals surface area contributed by atoms with Gasteiger partial charge >= 0.3 is 0 Å². The van der Waals surface area contributed by atoms with E-state index in [2.05, 4.69) is 16.8 Å². The molecule has 1 aliphatic carbocycles. The van der Waals surface area contributed by atoms with Crippen LogP contribution in [0.15, 0.2) is 0 Å². The van der Waals surface area contributed by atoms with Crippen LogP contribution in [-0.2, 0) is 0 Å². The van der Waals surface area contributed by atoms with Gasteiger partial charge in [-0.05, 0) is 32.6 Å². The third-order valence-corrected chi connectivity index (χ3v) is 4.57. The normalized spacial score (nSPS) is 25.1. The molecule has 1 unspecified atom stereocenters. The maximum Gasteiger partial charge on any atom is 0.186 e. The van der Waals surface area contributed by atoms with Crippen LogP contribution in [0.25, 0.3) is 0 Å². The standard InChI is InChI=1S/C12H16N2OS/c1-8-3-2-6-14(8)12-13-11(9-4-5-9)10(7-15)16-12/h7-9H,2-6H2,1H3. The van der Waals surface area contributed by atoms with Gasteiger partial charge in [0.1, 0.15) is 0 Å². The minimum absolute atomic E-state index is 0.572. The number of carbonyl (C=O) groups excluding carboxylic acids is 1. The lowest BCUT2D eigenvalue weighted by Crippen LogP contribution is -2.25. The molecule has 1 atom stereocenters. The fraction of sp³-hybridized carbons (Fsp3) is 0.667. The Morgan fingerprint density at radius 3 is 2.81 bits per heavy atom. The van der Waals surface area contributed by atoms with Gasteiger partial charge in [0.05, 0.1) is 10.6 Å². The highest BCUT2D eigenvalue weighted by molar-refractivity contribution is 7.17. The zero-order valence-electron chi connectivity index (χ0n) is 9.48. The molecule has 3 rings (SSSR count). The smallest absolute Gasteiger partial charge is 0.186 e. The predicted molar refractivity (Wildman–Crippen MR) is 65.5 cm³/mol. The lowest BCUT2D eigenvalue weighted by atomic mass is 10.2. The third-order valence-electron chi connectivity index (χ3n) is 3.54. The van der Waals surface area contributed by atoms with Crippen molar-refractivity contribution in [1.29, 1.82) is 0 Å². The molecule has 0 N–H and O–H groups in total. The highest BCUT2D eigenvalue weighted by Gasteiger charge is 2.32. The topological polar surface area (TPSA) is 33.2 Å². The van der Waals surface area contributed by atoms with E-state index in [1.165, 1.54) is 25.7 Å². The molecule has 0 spiro atoms. The van der Waals surface area contributed by atoms with Gasteiger partial charge in [-0.1, -0.05) is 11.3 Å². The van der Waals surface area contributed by atoms with Gasteiger partial charge in [0.2, 0.25) is 0 Å². The van der Waals surface area contributed by atoms with E-state index in [0.717, 1.165) is 28.5 Å². The van der Waals surface area contributed by atoms with E-state index in [9.17, 15) is 4.79 Å². The molecule has 0 radical (unpaired) electrons. The van der Waals surface area contributed by atoms with Crippen molar-refractivity contribution in [3.63, 3.8) is 0 Å². The van der Waals surface area contributed by atoms with Gasteiger partial charge in [-0.25, -0.2) is 4.98 Å². The summed E-state index contributed by atoms with van der Waals surface area (Å²) in [5.74, 6) is 0.572. The van der Waals surface area contributed by atoms with Crippen LogP contribution in [-0.4, -0.2) is 23.9 Å². The molecule has 1 aromatic heterocycles. The molecule has 1 aromatic rings. The van der Waals surface area contributed by atoms with Crippen LogP contribution in [0.3, 0.4) is 0 Å². The highest BCUT2D eigenvalue weighted by Crippen LogP contribution is 2.44. The Morgan fingerprint density at radius 2 is 2.25 bits per heavy atom. The first-order chi connectivity index (χ1) is 7.79. The zero-order valence-corrected chi connectivity index (χ0v) is 10.3. The Kier molecular flexibility index (Phi) is 2.46. The summed E-state index contributed by atoms with van der Waals surface area (Å²) in [6, 6.07) is 0.581. The number of aromatic nitrogens is 1. The average molecular weight is 236 g/mol. The van der Waals surface area contributed by atoms with E-state index in [1.807, 2.05) is 0 Å². The Morgan fingerprint density at radius 1 is 1.44 bits per heavy atom. The van der Waals surface area contributed by atoms with Gasteiger partial charge < -0.3 is 4.90 Å². The Hall–Kier alpha value is -0.900. The van der Waals surface area contributed by atoms with Crippen molar-refractivity contribution >= 4 is 22.8 Å². The van der Waals surface area contributed by atoms with Crippen molar-refractivity contribution in [2.45, 2.75) is 44.6 Å². The first kappa shape index (κ1) is 10.3. The fourth-order valence-corrected chi connectivity index (χ4v) is 3.50. The molecule has 0 bridgehead atoms. The second kappa shape index (κ2) is 3.84. The lowest BCUT2D eigenvalue weighted by Gasteiger charge is -2.19. The summed E-state index contributed by atoms with van der Waals surface area (Å²) in [5, 5.41) is 1.06. The number of carbonyl (C=O) groups is 1. The van der Waals surface area contributed by atoms with E-state index in [1.54, 1.807) is 11.3 Å². The second-order valence-corrected chi connectivity index (χ2v) is 5.83. The molecule has 1 saturated heterocycles. The van der Waals surface area contributed by atoms with Crippen LogP contribution in [0.1, 0.15) is 53.9 Å². The maximum absolute atomic E-state index is 11.0. The molecule has 4 heteroatoms. The average Bonchev–Trinajstić information content (AvgIpc) is 2.90. The van der Waals surface area contributed by atoms with E-state index >= 15 is 0 Å². The number of hydrogen-bond donors (Lipinski definition) is 0. The van der Waals surface area contributed by atoms with Crippen LogP contribution in [0.4, 0.5) is 5.13 Å². The summed E-state index contributed by atoms with van der Waals surface area (Å²) < 4.78 is 0. The van der Waals surface area contributed by atoms with Crippen molar-refractivity contribution < 1.29 is 4.79 Å². The van der Waals surface area contributed by atoms with E-state index in [4.69, 9.17) is 0 Å².